The van der Waals surface area contributed by atoms with Gasteiger partial charge in [-0.25, -0.2) is 0 Å². The van der Waals surface area contributed by atoms with Crippen LogP contribution in [-0.4, -0.2) is 25.9 Å². The first-order valence-electron chi connectivity index (χ1n) is 6.92. The first kappa shape index (κ1) is 16.9. The van der Waals surface area contributed by atoms with Gasteiger partial charge in [0.1, 0.15) is 17.6 Å². The lowest BCUT2D eigenvalue weighted by Crippen LogP contribution is -2.13. The van der Waals surface area contributed by atoms with Crippen molar-refractivity contribution in [1.82, 2.24) is 0 Å². The number of aliphatic hydroxyl groups excluding tert-OH is 1. The van der Waals surface area contributed by atoms with E-state index in [1.807, 2.05) is 0 Å². The van der Waals surface area contributed by atoms with Gasteiger partial charge in [-0.05, 0) is 35.9 Å². The predicted molar refractivity (Wildman–Crippen MR) is 89.2 cm³/mol. The maximum absolute atomic E-state index is 10.4. The van der Waals surface area contributed by atoms with E-state index >= 15 is 0 Å². The molecule has 2 aromatic rings. The summed E-state index contributed by atoms with van der Waals surface area (Å²) in [7, 11) is 3.10. The highest BCUT2D eigenvalue weighted by Gasteiger charge is 2.12. The van der Waals surface area contributed by atoms with Gasteiger partial charge in [-0.2, -0.15) is 5.26 Å². The van der Waals surface area contributed by atoms with E-state index in [9.17, 15) is 5.11 Å². The van der Waals surface area contributed by atoms with Crippen LogP contribution in [0.15, 0.2) is 36.4 Å². The summed E-state index contributed by atoms with van der Waals surface area (Å²) in [5.74, 6) is 1.20. The summed E-state index contributed by atoms with van der Waals surface area (Å²) in [6.45, 7) is 0.229. The van der Waals surface area contributed by atoms with Crippen molar-refractivity contribution >= 4 is 17.3 Å². The molecule has 0 heterocycles. The van der Waals surface area contributed by atoms with Crippen molar-refractivity contribution in [2.75, 3.05) is 26.1 Å². The standard InChI is InChI=1S/C17H17ClN2O3/c1-22-14-6-11(7-15(8-14)23-2)17(21)10-20-16-4-3-13(18)5-12(16)9-19/h3-8,17,20-21H,10H2,1-2H3. The number of hydrogen-bond donors (Lipinski definition) is 2. The zero-order valence-corrected chi connectivity index (χ0v) is 13.6. The van der Waals surface area contributed by atoms with E-state index in [4.69, 9.17) is 26.3 Å². The molecule has 1 unspecified atom stereocenters. The molecular formula is C17H17ClN2O3. The Labute approximate surface area is 140 Å². The molecule has 0 saturated heterocycles. The molecule has 2 aromatic carbocycles. The van der Waals surface area contributed by atoms with Gasteiger partial charge in [0.05, 0.1) is 31.6 Å². The van der Waals surface area contributed by atoms with Crippen LogP contribution < -0.4 is 14.8 Å². The lowest BCUT2D eigenvalue weighted by Gasteiger charge is -2.16. The SMILES string of the molecule is COc1cc(OC)cc(C(O)CNc2ccc(Cl)cc2C#N)c1. The molecule has 2 rings (SSSR count). The van der Waals surface area contributed by atoms with Crippen LogP contribution in [0.3, 0.4) is 0 Å². The Hall–Kier alpha value is -2.42. The molecule has 0 amide bonds. The van der Waals surface area contributed by atoms with Crippen LogP contribution >= 0.6 is 11.6 Å². The highest BCUT2D eigenvalue weighted by atomic mass is 35.5. The highest BCUT2D eigenvalue weighted by Crippen LogP contribution is 2.27. The van der Waals surface area contributed by atoms with Gasteiger partial charge in [0, 0.05) is 17.6 Å². The van der Waals surface area contributed by atoms with Crippen LogP contribution in [-0.2, 0) is 0 Å². The third-order valence-corrected chi connectivity index (χ3v) is 3.58. The molecule has 120 valence electrons. The molecule has 2 N–H and O–H groups in total. The maximum atomic E-state index is 10.4. The fourth-order valence-electron chi connectivity index (χ4n) is 2.11. The minimum atomic E-state index is -0.791. The molecule has 1 atom stereocenters. The summed E-state index contributed by atoms with van der Waals surface area (Å²) < 4.78 is 10.4. The summed E-state index contributed by atoms with van der Waals surface area (Å²) in [4.78, 5) is 0. The van der Waals surface area contributed by atoms with Crippen molar-refractivity contribution in [1.29, 1.82) is 5.26 Å². The number of nitrogens with one attached hydrogen (secondary N) is 1. The van der Waals surface area contributed by atoms with Gasteiger partial charge >= 0.3 is 0 Å². The van der Waals surface area contributed by atoms with Crippen molar-refractivity contribution < 1.29 is 14.6 Å². The molecule has 23 heavy (non-hydrogen) atoms. The Kier molecular flexibility index (Phi) is 5.69. The van der Waals surface area contributed by atoms with Crippen LogP contribution in [0.2, 0.25) is 5.02 Å². The molecule has 0 aliphatic rings. The minimum Gasteiger partial charge on any atom is -0.497 e. The van der Waals surface area contributed by atoms with Crippen molar-refractivity contribution in [3.8, 4) is 17.6 Å². The van der Waals surface area contributed by atoms with E-state index in [2.05, 4.69) is 11.4 Å². The summed E-state index contributed by atoms with van der Waals surface area (Å²) in [6, 6.07) is 12.2. The Morgan fingerprint density at radius 3 is 2.39 bits per heavy atom. The van der Waals surface area contributed by atoms with Gasteiger partial charge in [0.2, 0.25) is 0 Å². The quantitative estimate of drug-likeness (QED) is 0.848. The number of benzene rings is 2. The third kappa shape index (κ3) is 4.28. The zero-order valence-electron chi connectivity index (χ0n) is 12.8. The van der Waals surface area contributed by atoms with Gasteiger partial charge < -0.3 is 19.9 Å². The van der Waals surface area contributed by atoms with E-state index in [0.29, 0.717) is 33.3 Å². The summed E-state index contributed by atoms with van der Waals surface area (Å²) in [5, 5.41) is 23.0. The number of aliphatic hydroxyl groups is 1. The Bertz CT molecular complexity index is 706. The first-order chi connectivity index (χ1) is 11.1. The molecule has 0 fully saturated rings. The summed E-state index contributed by atoms with van der Waals surface area (Å²) in [6.07, 6.45) is -0.791. The molecule has 5 nitrogen and oxygen atoms in total. The topological polar surface area (TPSA) is 74.5 Å². The van der Waals surface area contributed by atoms with E-state index in [1.54, 1.807) is 50.6 Å². The number of nitrogens with zero attached hydrogens (tertiary/aromatic N) is 1. The van der Waals surface area contributed by atoms with Crippen molar-refractivity contribution in [2.45, 2.75) is 6.10 Å². The normalized spacial score (nSPS) is 11.4. The zero-order chi connectivity index (χ0) is 16.8. The molecule has 0 saturated carbocycles. The van der Waals surface area contributed by atoms with E-state index in [0.717, 1.165) is 0 Å². The monoisotopic (exact) mass is 332 g/mol. The number of halogens is 1. The minimum absolute atomic E-state index is 0.229. The van der Waals surface area contributed by atoms with Crippen LogP contribution in [0.4, 0.5) is 5.69 Å². The number of nitriles is 1. The lowest BCUT2D eigenvalue weighted by molar-refractivity contribution is 0.190. The highest BCUT2D eigenvalue weighted by molar-refractivity contribution is 6.30. The van der Waals surface area contributed by atoms with Gasteiger partial charge in [-0.15, -0.1) is 0 Å². The summed E-state index contributed by atoms with van der Waals surface area (Å²) in [5.41, 5.74) is 1.69. The van der Waals surface area contributed by atoms with Gasteiger partial charge in [-0.3, -0.25) is 0 Å². The second-order valence-corrected chi connectivity index (χ2v) is 5.28. The van der Waals surface area contributed by atoms with Crippen LogP contribution in [0.1, 0.15) is 17.2 Å². The second-order valence-electron chi connectivity index (χ2n) is 4.84. The van der Waals surface area contributed by atoms with Gasteiger partial charge in [0.15, 0.2) is 0 Å². The van der Waals surface area contributed by atoms with Gasteiger partial charge in [-0.1, -0.05) is 11.6 Å². The number of hydrogen-bond acceptors (Lipinski definition) is 5. The fourth-order valence-corrected chi connectivity index (χ4v) is 2.28. The average molecular weight is 333 g/mol. The van der Waals surface area contributed by atoms with E-state index in [1.165, 1.54) is 0 Å². The maximum Gasteiger partial charge on any atom is 0.122 e. The van der Waals surface area contributed by atoms with Crippen LogP contribution in [0, 0.1) is 11.3 Å². The molecule has 0 bridgehead atoms. The number of rotatable bonds is 6. The summed E-state index contributed by atoms with van der Waals surface area (Å²) >= 11 is 5.86. The largest absolute Gasteiger partial charge is 0.497 e. The average Bonchev–Trinajstić information content (AvgIpc) is 2.59. The fraction of sp³-hybridized carbons (Fsp3) is 0.235. The van der Waals surface area contributed by atoms with E-state index < -0.39 is 6.10 Å². The van der Waals surface area contributed by atoms with Crippen molar-refractivity contribution in [3.05, 3.63) is 52.5 Å². The Morgan fingerprint density at radius 1 is 1.17 bits per heavy atom. The molecule has 0 radical (unpaired) electrons. The molecule has 6 heteroatoms. The molecule has 0 aliphatic carbocycles. The van der Waals surface area contributed by atoms with Crippen LogP contribution in [0.25, 0.3) is 0 Å². The third-order valence-electron chi connectivity index (χ3n) is 3.35. The molecule has 0 aromatic heterocycles. The lowest BCUT2D eigenvalue weighted by atomic mass is 10.1. The van der Waals surface area contributed by atoms with E-state index in [-0.39, 0.29) is 6.54 Å². The second kappa shape index (κ2) is 7.73. The predicted octanol–water partition coefficient (Wildman–Crippen LogP) is 3.37. The van der Waals surface area contributed by atoms with Crippen molar-refractivity contribution in [3.63, 3.8) is 0 Å². The number of anilines is 1. The Morgan fingerprint density at radius 2 is 1.83 bits per heavy atom. The molecular weight excluding hydrogens is 316 g/mol. The van der Waals surface area contributed by atoms with Crippen LogP contribution in [0.5, 0.6) is 11.5 Å². The molecule has 0 aliphatic heterocycles. The van der Waals surface area contributed by atoms with Crippen molar-refractivity contribution in [2.24, 2.45) is 0 Å². The number of ether oxygens (including phenoxy) is 2. The molecule has 0 spiro atoms. The van der Waals surface area contributed by atoms with Gasteiger partial charge in [0.25, 0.3) is 0 Å². The first-order valence-corrected chi connectivity index (χ1v) is 7.29. The number of methoxy groups -OCH3 is 2. The smallest absolute Gasteiger partial charge is 0.122 e. The Balaban J connectivity index is 2.14.